The molecule has 8 heteroatoms. The minimum atomic E-state index is -2.16. The van der Waals surface area contributed by atoms with Crippen LogP contribution in [0.5, 0.6) is 0 Å². The average Bonchev–Trinajstić information content (AvgIpc) is 2.82. The highest BCUT2D eigenvalue weighted by Crippen LogP contribution is 2.06. The maximum atomic E-state index is 10.3. The Bertz CT molecular complexity index is 290. The molecule has 0 aromatic heterocycles. The molecule has 7 nitrogen and oxygen atoms in total. The fraction of sp³-hybridized carbons (Fsp3) is 0.818. The van der Waals surface area contributed by atoms with E-state index in [0.29, 0.717) is 19.8 Å². The highest BCUT2D eigenvalue weighted by atomic mass is 32.2. The Kier molecular flexibility index (Phi) is 8.76. The van der Waals surface area contributed by atoms with Gasteiger partial charge in [0.1, 0.15) is 0 Å². The van der Waals surface area contributed by atoms with Crippen LogP contribution in [-0.4, -0.2) is 71.9 Å². The van der Waals surface area contributed by atoms with E-state index < -0.39 is 11.4 Å². The molecule has 1 aliphatic heterocycles. The summed E-state index contributed by atoms with van der Waals surface area (Å²) in [5.74, 6) is 0. The standard InChI is InChI=1S/C11H22N2O5S/c1-16-9-10-17-8-6-13-5-4-12(11-13)3-2-7-18-19(14)15/h4-5H,2-3,6-11H2,1H3,(H,14,15). The van der Waals surface area contributed by atoms with E-state index in [1.165, 1.54) is 0 Å². The van der Waals surface area contributed by atoms with Gasteiger partial charge in [-0.2, -0.15) is 4.21 Å². The van der Waals surface area contributed by atoms with Gasteiger partial charge in [-0.15, -0.1) is 0 Å². The van der Waals surface area contributed by atoms with Crippen molar-refractivity contribution in [3.63, 3.8) is 0 Å². The van der Waals surface area contributed by atoms with Crippen molar-refractivity contribution in [1.29, 1.82) is 0 Å². The normalized spacial score (nSPS) is 16.3. The van der Waals surface area contributed by atoms with Crippen molar-refractivity contribution in [3.8, 4) is 0 Å². The molecule has 19 heavy (non-hydrogen) atoms. The molecule has 0 spiro atoms. The summed E-state index contributed by atoms with van der Waals surface area (Å²) in [6.07, 6.45) is 4.74. The minimum absolute atomic E-state index is 0.285. The van der Waals surface area contributed by atoms with Gasteiger partial charge in [-0.3, -0.25) is 8.74 Å². The molecule has 1 heterocycles. The van der Waals surface area contributed by atoms with Crippen LogP contribution in [0.15, 0.2) is 12.4 Å². The minimum Gasteiger partial charge on any atom is -0.382 e. The first-order valence-electron chi connectivity index (χ1n) is 6.19. The van der Waals surface area contributed by atoms with E-state index in [0.717, 1.165) is 26.2 Å². The van der Waals surface area contributed by atoms with Crippen LogP contribution < -0.4 is 0 Å². The zero-order valence-corrected chi connectivity index (χ0v) is 12.0. The molecule has 0 aromatic rings. The van der Waals surface area contributed by atoms with E-state index >= 15 is 0 Å². The summed E-state index contributed by atoms with van der Waals surface area (Å²) in [5.41, 5.74) is 0. The van der Waals surface area contributed by atoms with Gasteiger partial charge in [0.25, 0.3) is 0 Å². The van der Waals surface area contributed by atoms with E-state index in [2.05, 4.69) is 14.0 Å². The van der Waals surface area contributed by atoms with Gasteiger partial charge in [0.05, 0.1) is 33.1 Å². The second-order valence-corrected chi connectivity index (χ2v) is 4.73. The summed E-state index contributed by atoms with van der Waals surface area (Å²) >= 11 is -2.16. The fourth-order valence-electron chi connectivity index (χ4n) is 1.63. The average molecular weight is 294 g/mol. The van der Waals surface area contributed by atoms with Crippen LogP contribution in [0.1, 0.15) is 6.42 Å². The van der Waals surface area contributed by atoms with Crippen molar-refractivity contribution in [2.45, 2.75) is 6.42 Å². The molecule has 0 radical (unpaired) electrons. The van der Waals surface area contributed by atoms with Gasteiger partial charge in [0.2, 0.25) is 0 Å². The number of hydrogen-bond donors (Lipinski definition) is 1. The predicted molar refractivity (Wildman–Crippen MR) is 71.5 cm³/mol. The number of methoxy groups -OCH3 is 1. The van der Waals surface area contributed by atoms with E-state index in [4.69, 9.17) is 14.0 Å². The van der Waals surface area contributed by atoms with Crippen molar-refractivity contribution >= 4 is 11.4 Å². The molecule has 1 unspecified atom stereocenters. The SMILES string of the molecule is COCCOCCN1C=CN(CCCOS(=O)O)C1. The number of ether oxygens (including phenoxy) is 2. The number of rotatable bonds is 11. The van der Waals surface area contributed by atoms with E-state index in [-0.39, 0.29) is 6.61 Å². The lowest BCUT2D eigenvalue weighted by molar-refractivity contribution is 0.0607. The lowest BCUT2D eigenvalue weighted by Crippen LogP contribution is -2.29. The Morgan fingerprint density at radius 2 is 1.89 bits per heavy atom. The monoisotopic (exact) mass is 294 g/mol. The molecule has 0 fully saturated rings. The molecule has 1 N–H and O–H groups in total. The second-order valence-electron chi connectivity index (χ2n) is 4.06. The van der Waals surface area contributed by atoms with Gasteiger partial charge >= 0.3 is 11.4 Å². The topological polar surface area (TPSA) is 71.5 Å². The van der Waals surface area contributed by atoms with Crippen LogP contribution in [0, 0.1) is 0 Å². The van der Waals surface area contributed by atoms with E-state index in [1.54, 1.807) is 7.11 Å². The zero-order valence-electron chi connectivity index (χ0n) is 11.2. The predicted octanol–water partition coefficient (Wildman–Crippen LogP) is 0.239. The van der Waals surface area contributed by atoms with Crippen molar-refractivity contribution < 1.29 is 22.4 Å². The van der Waals surface area contributed by atoms with Crippen LogP contribution in [-0.2, 0) is 25.0 Å². The Morgan fingerprint density at radius 1 is 1.16 bits per heavy atom. The third-order valence-electron chi connectivity index (χ3n) is 2.58. The lowest BCUT2D eigenvalue weighted by Gasteiger charge is -2.21. The summed E-state index contributed by atoms with van der Waals surface area (Å²) in [6.45, 7) is 4.65. The smallest absolute Gasteiger partial charge is 0.301 e. The first kappa shape index (κ1) is 16.4. The molecule has 0 aromatic carbocycles. The van der Waals surface area contributed by atoms with Crippen LogP contribution in [0.25, 0.3) is 0 Å². The first-order valence-corrected chi connectivity index (χ1v) is 7.23. The molecule has 0 amide bonds. The van der Waals surface area contributed by atoms with Crippen molar-refractivity contribution in [1.82, 2.24) is 9.80 Å². The van der Waals surface area contributed by atoms with Gasteiger partial charge in [-0.25, -0.2) is 0 Å². The number of hydrogen-bond acceptors (Lipinski definition) is 6. The zero-order chi connectivity index (χ0) is 13.9. The van der Waals surface area contributed by atoms with Crippen molar-refractivity contribution in [3.05, 3.63) is 12.4 Å². The molecule has 1 rings (SSSR count). The van der Waals surface area contributed by atoms with Gasteiger partial charge in [0.15, 0.2) is 0 Å². The van der Waals surface area contributed by atoms with Gasteiger partial charge in [-0.1, -0.05) is 0 Å². The highest BCUT2D eigenvalue weighted by Gasteiger charge is 2.11. The molecule has 0 bridgehead atoms. The third kappa shape index (κ3) is 8.17. The summed E-state index contributed by atoms with van der Waals surface area (Å²) in [4.78, 5) is 4.27. The summed E-state index contributed by atoms with van der Waals surface area (Å²) < 4.78 is 33.6. The third-order valence-corrected chi connectivity index (χ3v) is 2.95. The summed E-state index contributed by atoms with van der Waals surface area (Å²) in [7, 11) is 1.65. The lowest BCUT2D eigenvalue weighted by atomic mass is 10.4. The first-order chi connectivity index (χ1) is 9.22. The maximum absolute atomic E-state index is 10.3. The molecule has 1 aliphatic rings. The van der Waals surface area contributed by atoms with Crippen LogP contribution in [0.2, 0.25) is 0 Å². The van der Waals surface area contributed by atoms with Gasteiger partial charge in [-0.05, 0) is 6.42 Å². The van der Waals surface area contributed by atoms with Crippen molar-refractivity contribution in [2.75, 3.05) is 53.3 Å². The quantitative estimate of drug-likeness (QED) is 0.432. The molecule has 112 valence electrons. The molecule has 0 saturated heterocycles. The molecule has 1 atom stereocenters. The maximum Gasteiger partial charge on any atom is 0.301 e. The van der Waals surface area contributed by atoms with Crippen LogP contribution in [0.3, 0.4) is 0 Å². The Labute approximate surface area is 116 Å². The molecule has 0 saturated carbocycles. The fourth-order valence-corrected chi connectivity index (χ4v) is 1.89. The van der Waals surface area contributed by atoms with Gasteiger partial charge < -0.3 is 19.3 Å². The van der Waals surface area contributed by atoms with Crippen LogP contribution >= 0.6 is 0 Å². The second kappa shape index (κ2) is 10.2. The number of nitrogens with zero attached hydrogens (tertiary/aromatic N) is 2. The Hall–Kier alpha value is -0.670. The van der Waals surface area contributed by atoms with E-state index in [9.17, 15) is 4.21 Å². The van der Waals surface area contributed by atoms with Gasteiger partial charge in [0, 0.05) is 32.6 Å². The Morgan fingerprint density at radius 3 is 2.58 bits per heavy atom. The van der Waals surface area contributed by atoms with Crippen molar-refractivity contribution in [2.24, 2.45) is 0 Å². The van der Waals surface area contributed by atoms with E-state index in [1.807, 2.05) is 12.4 Å². The molecular weight excluding hydrogens is 272 g/mol. The summed E-state index contributed by atoms with van der Waals surface area (Å²) in [6, 6.07) is 0. The highest BCUT2D eigenvalue weighted by molar-refractivity contribution is 7.74. The summed E-state index contributed by atoms with van der Waals surface area (Å²) in [5, 5.41) is 0. The molecular formula is C11H22N2O5S. The molecule has 0 aliphatic carbocycles. The van der Waals surface area contributed by atoms with Crippen LogP contribution in [0.4, 0.5) is 0 Å². The Balaban J connectivity index is 1.97. The largest absolute Gasteiger partial charge is 0.382 e.